The summed E-state index contributed by atoms with van der Waals surface area (Å²) >= 11 is 6.13. The third-order valence-corrected chi connectivity index (χ3v) is 7.60. The van der Waals surface area contributed by atoms with Gasteiger partial charge in [0.15, 0.2) is 0 Å². The molecule has 0 unspecified atom stereocenters. The lowest BCUT2D eigenvalue weighted by Gasteiger charge is -2.31. The van der Waals surface area contributed by atoms with E-state index in [0.717, 1.165) is 24.2 Å². The van der Waals surface area contributed by atoms with E-state index in [1.807, 2.05) is 18.2 Å². The molecule has 1 saturated heterocycles. The summed E-state index contributed by atoms with van der Waals surface area (Å²) in [6, 6.07) is 19.6. The van der Waals surface area contributed by atoms with Crippen LogP contribution < -0.4 is 10.1 Å². The van der Waals surface area contributed by atoms with Crippen LogP contribution in [0.3, 0.4) is 0 Å². The second-order valence-electron chi connectivity index (χ2n) is 10.1. The number of carbonyl (C=O) groups excluding carboxylic acids is 2. The van der Waals surface area contributed by atoms with Crippen LogP contribution in [0.1, 0.15) is 23.6 Å². The number of halogens is 2. The van der Waals surface area contributed by atoms with Crippen LogP contribution in [-0.2, 0) is 9.53 Å². The number of benzene rings is 3. The SMILES string of the molecule is COc1ccccc1NC(=O)N(CCN1CCOCC1)CC(=O)N1N=C(c2ccc(F)cc2)C[C@@H]1c1ccc(Cl)cc1. The molecule has 0 aliphatic carbocycles. The molecular weight excluding hydrogens is 561 g/mol. The fourth-order valence-electron chi connectivity index (χ4n) is 5.02. The highest BCUT2D eigenvalue weighted by Crippen LogP contribution is 2.33. The van der Waals surface area contributed by atoms with Crippen LogP contribution >= 0.6 is 11.6 Å². The van der Waals surface area contributed by atoms with Gasteiger partial charge in [-0.05, 0) is 47.5 Å². The zero-order valence-corrected chi connectivity index (χ0v) is 24.1. The zero-order valence-electron chi connectivity index (χ0n) is 23.3. The van der Waals surface area contributed by atoms with Crippen LogP contribution in [-0.4, -0.2) is 85.5 Å². The van der Waals surface area contributed by atoms with Crippen molar-refractivity contribution in [2.24, 2.45) is 5.10 Å². The normalized spacial score (nSPS) is 17.1. The van der Waals surface area contributed by atoms with Gasteiger partial charge in [0.25, 0.3) is 5.91 Å². The predicted molar refractivity (Wildman–Crippen MR) is 159 cm³/mol. The molecule has 3 aromatic carbocycles. The Kier molecular flexibility index (Phi) is 9.68. The van der Waals surface area contributed by atoms with Gasteiger partial charge >= 0.3 is 6.03 Å². The summed E-state index contributed by atoms with van der Waals surface area (Å²) < 4.78 is 24.5. The molecular formula is C31H33ClFN5O4. The van der Waals surface area contributed by atoms with Crippen molar-refractivity contribution in [3.8, 4) is 5.75 Å². The summed E-state index contributed by atoms with van der Waals surface area (Å²) in [6.07, 6.45) is 0.431. The summed E-state index contributed by atoms with van der Waals surface area (Å²) in [5.74, 6) is -0.179. The molecule has 2 aliphatic rings. The Morgan fingerprint density at radius 2 is 1.79 bits per heavy atom. The minimum atomic E-state index is -0.425. The Bertz CT molecular complexity index is 1410. The number of para-hydroxylation sites is 2. The summed E-state index contributed by atoms with van der Waals surface area (Å²) in [6.45, 7) is 3.47. The zero-order chi connectivity index (χ0) is 29.5. The lowest BCUT2D eigenvalue weighted by molar-refractivity contribution is -0.133. The van der Waals surface area contributed by atoms with Crippen molar-refractivity contribution in [2.75, 3.05) is 58.4 Å². The highest BCUT2D eigenvalue weighted by atomic mass is 35.5. The van der Waals surface area contributed by atoms with Gasteiger partial charge in [0.2, 0.25) is 0 Å². The van der Waals surface area contributed by atoms with Crippen molar-refractivity contribution in [3.05, 3.63) is 94.8 Å². The van der Waals surface area contributed by atoms with E-state index in [0.29, 0.717) is 54.9 Å². The topological polar surface area (TPSA) is 86.7 Å². The molecule has 5 rings (SSSR count). The standard InChI is InChI=1S/C31H33ClFN5O4/c1-41-29-5-3-2-4-26(29)34-31(40)37(15-14-36-16-18-42-19-17-36)21-30(39)38-28(23-6-10-24(32)11-7-23)20-27(35-38)22-8-12-25(33)13-9-22/h2-13,28H,14-21H2,1H3,(H,34,40)/t28-/m1/s1. The number of hydrogen-bond donors (Lipinski definition) is 1. The predicted octanol–water partition coefficient (Wildman–Crippen LogP) is 5.03. The van der Waals surface area contributed by atoms with Gasteiger partial charge in [-0.15, -0.1) is 0 Å². The summed E-state index contributed by atoms with van der Waals surface area (Å²) in [4.78, 5) is 31.2. The van der Waals surface area contributed by atoms with Gasteiger partial charge in [-0.3, -0.25) is 9.69 Å². The first kappa shape index (κ1) is 29.5. The first-order valence-corrected chi connectivity index (χ1v) is 14.2. The number of urea groups is 1. The van der Waals surface area contributed by atoms with E-state index in [-0.39, 0.29) is 18.3 Å². The van der Waals surface area contributed by atoms with Crippen molar-refractivity contribution in [3.63, 3.8) is 0 Å². The van der Waals surface area contributed by atoms with E-state index in [2.05, 4.69) is 15.3 Å². The number of hydrogen-bond acceptors (Lipinski definition) is 6. The molecule has 11 heteroatoms. The van der Waals surface area contributed by atoms with Crippen LogP contribution in [0.15, 0.2) is 77.9 Å². The summed E-state index contributed by atoms with van der Waals surface area (Å²) in [5, 5.41) is 9.59. The molecule has 220 valence electrons. The molecule has 0 aromatic heterocycles. The van der Waals surface area contributed by atoms with Gasteiger partial charge in [0.1, 0.15) is 18.1 Å². The highest BCUT2D eigenvalue weighted by molar-refractivity contribution is 6.30. The summed E-state index contributed by atoms with van der Waals surface area (Å²) in [5.41, 5.74) is 2.74. The molecule has 1 fully saturated rings. The first-order chi connectivity index (χ1) is 20.4. The van der Waals surface area contributed by atoms with Crippen molar-refractivity contribution >= 4 is 34.9 Å². The summed E-state index contributed by atoms with van der Waals surface area (Å²) in [7, 11) is 1.53. The van der Waals surface area contributed by atoms with Crippen LogP contribution in [0.5, 0.6) is 5.75 Å². The van der Waals surface area contributed by atoms with Gasteiger partial charge < -0.3 is 19.7 Å². The molecule has 0 bridgehead atoms. The van der Waals surface area contributed by atoms with Gasteiger partial charge in [-0.1, -0.05) is 48.0 Å². The number of anilines is 1. The third kappa shape index (κ3) is 7.25. The number of methoxy groups -OCH3 is 1. The van der Waals surface area contributed by atoms with Crippen LogP contribution in [0, 0.1) is 5.82 Å². The average Bonchev–Trinajstić information content (AvgIpc) is 3.46. The third-order valence-electron chi connectivity index (χ3n) is 7.35. The number of nitrogens with zero attached hydrogens (tertiary/aromatic N) is 4. The van der Waals surface area contributed by atoms with Gasteiger partial charge in [0, 0.05) is 37.6 Å². The van der Waals surface area contributed by atoms with Crippen LogP contribution in [0.2, 0.25) is 5.02 Å². The molecule has 1 N–H and O–H groups in total. The Labute approximate surface area is 249 Å². The number of rotatable bonds is 9. The molecule has 9 nitrogen and oxygen atoms in total. The lowest BCUT2D eigenvalue weighted by Crippen LogP contribution is -2.47. The van der Waals surface area contributed by atoms with Gasteiger partial charge in [-0.25, -0.2) is 14.2 Å². The molecule has 3 aromatic rings. The van der Waals surface area contributed by atoms with Crippen molar-refractivity contribution in [1.82, 2.24) is 14.8 Å². The molecule has 2 aliphatic heterocycles. The first-order valence-electron chi connectivity index (χ1n) is 13.8. The Hall–Kier alpha value is -3.99. The van der Waals surface area contributed by atoms with Gasteiger partial charge in [-0.2, -0.15) is 5.10 Å². The second-order valence-corrected chi connectivity index (χ2v) is 10.5. The van der Waals surface area contributed by atoms with Crippen LogP contribution in [0.25, 0.3) is 0 Å². The number of carbonyl (C=O) groups is 2. The van der Waals surface area contributed by atoms with E-state index >= 15 is 0 Å². The fourth-order valence-corrected chi connectivity index (χ4v) is 5.14. The Balaban J connectivity index is 1.39. The maximum absolute atomic E-state index is 13.9. The molecule has 1 atom stereocenters. The molecule has 42 heavy (non-hydrogen) atoms. The van der Waals surface area contributed by atoms with Crippen molar-refractivity contribution in [1.29, 1.82) is 0 Å². The second kappa shape index (κ2) is 13.8. The maximum Gasteiger partial charge on any atom is 0.322 e. The van der Waals surface area contributed by atoms with Crippen molar-refractivity contribution in [2.45, 2.75) is 12.5 Å². The minimum absolute atomic E-state index is 0.199. The molecule has 0 spiro atoms. The number of hydrazone groups is 1. The van der Waals surface area contributed by atoms with Gasteiger partial charge in [0.05, 0.1) is 37.8 Å². The smallest absolute Gasteiger partial charge is 0.322 e. The van der Waals surface area contributed by atoms with E-state index in [1.165, 1.54) is 29.2 Å². The minimum Gasteiger partial charge on any atom is -0.495 e. The highest BCUT2D eigenvalue weighted by Gasteiger charge is 2.34. The van der Waals surface area contributed by atoms with E-state index in [4.69, 9.17) is 21.1 Å². The fraction of sp³-hybridized carbons (Fsp3) is 0.323. The number of ether oxygens (including phenoxy) is 2. The largest absolute Gasteiger partial charge is 0.495 e. The quantitative estimate of drug-likeness (QED) is 0.376. The van der Waals surface area contributed by atoms with E-state index in [9.17, 15) is 14.0 Å². The van der Waals surface area contributed by atoms with E-state index in [1.54, 1.807) is 42.5 Å². The number of morpholine rings is 1. The number of nitrogens with one attached hydrogen (secondary N) is 1. The molecule has 0 radical (unpaired) electrons. The molecule has 3 amide bonds. The molecule has 2 heterocycles. The van der Waals surface area contributed by atoms with Crippen molar-refractivity contribution < 1.29 is 23.5 Å². The average molecular weight is 594 g/mol. The Morgan fingerprint density at radius 1 is 1.07 bits per heavy atom. The lowest BCUT2D eigenvalue weighted by atomic mass is 9.98. The van der Waals surface area contributed by atoms with E-state index < -0.39 is 12.1 Å². The molecule has 0 saturated carbocycles. The monoisotopic (exact) mass is 593 g/mol. The number of amides is 3. The Morgan fingerprint density at radius 3 is 2.50 bits per heavy atom. The maximum atomic E-state index is 13.9. The van der Waals surface area contributed by atoms with Crippen LogP contribution in [0.4, 0.5) is 14.9 Å².